The summed E-state index contributed by atoms with van der Waals surface area (Å²) in [4.78, 5) is 2.36. The zero-order valence-electron chi connectivity index (χ0n) is 11.4. The van der Waals surface area contributed by atoms with Crippen molar-refractivity contribution in [1.29, 1.82) is 0 Å². The van der Waals surface area contributed by atoms with Gasteiger partial charge >= 0.3 is 0 Å². The van der Waals surface area contributed by atoms with Gasteiger partial charge in [0.15, 0.2) is 0 Å². The Hall–Kier alpha value is -0.940. The van der Waals surface area contributed by atoms with Gasteiger partial charge in [0.25, 0.3) is 0 Å². The van der Waals surface area contributed by atoms with Crippen LogP contribution in [0.4, 0.5) is 0 Å². The molecule has 19 heavy (non-hydrogen) atoms. The van der Waals surface area contributed by atoms with E-state index in [1.807, 2.05) is 0 Å². The summed E-state index contributed by atoms with van der Waals surface area (Å²) in [5.41, 5.74) is 8.20. The van der Waals surface area contributed by atoms with Crippen LogP contribution in [-0.2, 0) is 17.7 Å². The SMILES string of the molecule is NCCc1cccc(CN2CCOC[C@H](CO)C2)c1. The number of benzene rings is 1. The van der Waals surface area contributed by atoms with Crippen LogP contribution in [0.1, 0.15) is 11.1 Å². The van der Waals surface area contributed by atoms with Gasteiger partial charge < -0.3 is 15.6 Å². The van der Waals surface area contributed by atoms with Gasteiger partial charge in [-0.1, -0.05) is 24.3 Å². The van der Waals surface area contributed by atoms with Gasteiger partial charge in [0.05, 0.1) is 13.2 Å². The predicted octanol–water partition coefficient (Wildman–Crippen LogP) is 0.629. The fraction of sp³-hybridized carbons (Fsp3) is 0.600. The van der Waals surface area contributed by atoms with E-state index in [1.165, 1.54) is 11.1 Å². The summed E-state index contributed by atoms with van der Waals surface area (Å²) >= 11 is 0. The Morgan fingerprint density at radius 2 is 2.21 bits per heavy atom. The topological polar surface area (TPSA) is 58.7 Å². The fourth-order valence-corrected chi connectivity index (χ4v) is 2.52. The summed E-state index contributed by atoms with van der Waals surface area (Å²) in [5.74, 6) is 0.231. The van der Waals surface area contributed by atoms with E-state index in [0.717, 1.165) is 32.7 Å². The zero-order chi connectivity index (χ0) is 13.5. The summed E-state index contributed by atoms with van der Waals surface area (Å²) < 4.78 is 5.51. The highest BCUT2D eigenvalue weighted by molar-refractivity contribution is 5.23. The lowest BCUT2D eigenvalue weighted by molar-refractivity contribution is 0.0958. The molecule has 2 rings (SSSR count). The third-order valence-electron chi connectivity index (χ3n) is 3.51. The summed E-state index contributed by atoms with van der Waals surface area (Å²) in [5, 5.41) is 9.29. The molecule has 0 amide bonds. The molecule has 1 aliphatic rings. The Labute approximate surface area is 115 Å². The largest absolute Gasteiger partial charge is 0.396 e. The van der Waals surface area contributed by atoms with E-state index in [2.05, 4.69) is 29.2 Å². The lowest BCUT2D eigenvalue weighted by atomic mass is 10.1. The molecule has 4 nitrogen and oxygen atoms in total. The molecular weight excluding hydrogens is 240 g/mol. The highest BCUT2D eigenvalue weighted by atomic mass is 16.5. The summed E-state index contributed by atoms with van der Waals surface area (Å²) in [6, 6.07) is 8.60. The quantitative estimate of drug-likeness (QED) is 0.819. The van der Waals surface area contributed by atoms with Crippen LogP contribution < -0.4 is 5.73 Å². The van der Waals surface area contributed by atoms with Gasteiger partial charge in [0.2, 0.25) is 0 Å². The molecule has 1 aromatic rings. The molecule has 0 spiro atoms. The smallest absolute Gasteiger partial charge is 0.0593 e. The van der Waals surface area contributed by atoms with E-state index in [4.69, 9.17) is 10.5 Å². The van der Waals surface area contributed by atoms with Crippen LogP contribution >= 0.6 is 0 Å². The number of aliphatic hydroxyl groups excluding tert-OH is 1. The molecular formula is C15H24N2O2. The fourth-order valence-electron chi connectivity index (χ4n) is 2.52. The highest BCUT2D eigenvalue weighted by Gasteiger charge is 2.17. The van der Waals surface area contributed by atoms with Crippen LogP contribution in [0.3, 0.4) is 0 Å². The number of aliphatic hydroxyl groups is 1. The molecule has 3 N–H and O–H groups in total. The molecule has 0 aromatic heterocycles. The van der Waals surface area contributed by atoms with E-state index in [1.54, 1.807) is 0 Å². The second-order valence-electron chi connectivity index (χ2n) is 5.22. The van der Waals surface area contributed by atoms with Gasteiger partial charge in [-0.15, -0.1) is 0 Å². The van der Waals surface area contributed by atoms with Gasteiger partial charge in [0.1, 0.15) is 0 Å². The van der Waals surface area contributed by atoms with Gasteiger partial charge in [0, 0.05) is 32.2 Å². The molecule has 0 unspecified atom stereocenters. The minimum atomic E-state index is 0.198. The highest BCUT2D eigenvalue weighted by Crippen LogP contribution is 2.12. The number of hydrogen-bond acceptors (Lipinski definition) is 4. The molecule has 0 bridgehead atoms. The number of nitrogens with two attached hydrogens (primary N) is 1. The van der Waals surface area contributed by atoms with E-state index < -0.39 is 0 Å². The Morgan fingerprint density at radius 3 is 3.00 bits per heavy atom. The lowest BCUT2D eigenvalue weighted by Crippen LogP contribution is -2.31. The molecule has 1 fully saturated rings. The second kappa shape index (κ2) is 7.60. The third-order valence-corrected chi connectivity index (χ3v) is 3.51. The average molecular weight is 264 g/mol. The lowest BCUT2D eigenvalue weighted by Gasteiger charge is -2.22. The number of rotatable bonds is 5. The van der Waals surface area contributed by atoms with Crippen molar-refractivity contribution in [1.82, 2.24) is 4.90 Å². The first-order chi connectivity index (χ1) is 9.31. The number of hydrogen-bond donors (Lipinski definition) is 2. The minimum Gasteiger partial charge on any atom is -0.396 e. The first kappa shape index (κ1) is 14.5. The summed E-state index contributed by atoms with van der Waals surface area (Å²) in [6.45, 7) is 5.05. The molecule has 1 heterocycles. The Balaban J connectivity index is 1.96. The van der Waals surface area contributed by atoms with Crippen molar-refractivity contribution < 1.29 is 9.84 Å². The van der Waals surface area contributed by atoms with Crippen molar-refractivity contribution >= 4 is 0 Å². The van der Waals surface area contributed by atoms with Crippen molar-refractivity contribution in [3.63, 3.8) is 0 Å². The molecule has 0 radical (unpaired) electrons. The molecule has 1 aliphatic heterocycles. The van der Waals surface area contributed by atoms with Gasteiger partial charge in [-0.25, -0.2) is 0 Å². The van der Waals surface area contributed by atoms with Crippen LogP contribution in [-0.4, -0.2) is 49.5 Å². The average Bonchev–Trinajstić information content (AvgIpc) is 2.65. The van der Waals surface area contributed by atoms with Crippen LogP contribution in [0, 0.1) is 5.92 Å². The maximum absolute atomic E-state index is 9.29. The van der Waals surface area contributed by atoms with Crippen LogP contribution in [0.25, 0.3) is 0 Å². The first-order valence-corrected chi connectivity index (χ1v) is 7.00. The molecule has 1 atom stereocenters. The van der Waals surface area contributed by atoms with Crippen molar-refractivity contribution in [2.75, 3.05) is 39.5 Å². The van der Waals surface area contributed by atoms with E-state index >= 15 is 0 Å². The van der Waals surface area contributed by atoms with Crippen LogP contribution in [0.5, 0.6) is 0 Å². The van der Waals surface area contributed by atoms with Crippen molar-refractivity contribution in [2.24, 2.45) is 11.7 Å². The standard InChI is InChI=1S/C15H24N2O2/c16-5-4-13-2-1-3-14(8-13)9-17-6-7-19-12-15(10-17)11-18/h1-3,8,15,18H,4-7,9-12,16H2/t15-/m0/s1. The third kappa shape index (κ3) is 4.58. The van der Waals surface area contributed by atoms with Crippen molar-refractivity contribution in [3.8, 4) is 0 Å². The predicted molar refractivity (Wildman–Crippen MR) is 75.9 cm³/mol. The molecule has 0 saturated carbocycles. The zero-order valence-corrected chi connectivity index (χ0v) is 11.4. The Bertz CT molecular complexity index is 384. The van der Waals surface area contributed by atoms with Gasteiger partial charge in [-0.05, 0) is 24.1 Å². The molecule has 1 saturated heterocycles. The summed E-state index contributed by atoms with van der Waals surface area (Å²) in [7, 11) is 0. The van der Waals surface area contributed by atoms with E-state index in [-0.39, 0.29) is 12.5 Å². The molecule has 106 valence electrons. The maximum atomic E-state index is 9.29. The van der Waals surface area contributed by atoms with E-state index in [9.17, 15) is 5.11 Å². The molecule has 4 heteroatoms. The molecule has 0 aliphatic carbocycles. The Morgan fingerprint density at radius 1 is 1.37 bits per heavy atom. The number of ether oxygens (including phenoxy) is 1. The minimum absolute atomic E-state index is 0.198. The van der Waals surface area contributed by atoms with Crippen molar-refractivity contribution in [2.45, 2.75) is 13.0 Å². The number of nitrogens with zero attached hydrogens (tertiary/aromatic N) is 1. The first-order valence-electron chi connectivity index (χ1n) is 7.00. The molecule has 1 aromatic carbocycles. The maximum Gasteiger partial charge on any atom is 0.0593 e. The van der Waals surface area contributed by atoms with E-state index in [0.29, 0.717) is 13.2 Å². The van der Waals surface area contributed by atoms with Crippen LogP contribution in [0.15, 0.2) is 24.3 Å². The Kier molecular flexibility index (Phi) is 5.79. The van der Waals surface area contributed by atoms with Gasteiger partial charge in [-0.2, -0.15) is 0 Å². The second-order valence-corrected chi connectivity index (χ2v) is 5.22. The normalized spacial score (nSPS) is 21.3. The van der Waals surface area contributed by atoms with Gasteiger partial charge in [-0.3, -0.25) is 4.90 Å². The monoisotopic (exact) mass is 264 g/mol. The van der Waals surface area contributed by atoms with Crippen molar-refractivity contribution in [3.05, 3.63) is 35.4 Å². The van der Waals surface area contributed by atoms with Crippen LogP contribution in [0.2, 0.25) is 0 Å². The summed E-state index contributed by atoms with van der Waals surface area (Å²) in [6.07, 6.45) is 0.927.